The monoisotopic (exact) mass is 310 g/mol. The molecule has 0 aliphatic heterocycles. The van der Waals surface area contributed by atoms with E-state index in [4.69, 9.17) is 0 Å². The summed E-state index contributed by atoms with van der Waals surface area (Å²) in [7, 11) is 0. The molecule has 3 rings (SSSR count). The third-order valence-corrected chi connectivity index (χ3v) is 3.40. The zero-order valence-electron chi connectivity index (χ0n) is 12.3. The highest BCUT2D eigenvalue weighted by Crippen LogP contribution is 2.11. The number of hydrogen-bond donors (Lipinski definition) is 1. The lowest BCUT2D eigenvalue weighted by atomic mass is 10.1. The molecular formula is C17H15FN4O. The van der Waals surface area contributed by atoms with Crippen molar-refractivity contribution in [1.82, 2.24) is 19.9 Å². The summed E-state index contributed by atoms with van der Waals surface area (Å²) >= 11 is 0. The van der Waals surface area contributed by atoms with E-state index >= 15 is 0 Å². The Bertz CT molecular complexity index is 802. The lowest BCUT2D eigenvalue weighted by molar-refractivity contribution is -0.120. The zero-order valence-corrected chi connectivity index (χ0v) is 12.3. The number of amides is 1. The van der Waals surface area contributed by atoms with Crippen LogP contribution in [0.1, 0.15) is 11.1 Å². The molecule has 116 valence electrons. The van der Waals surface area contributed by atoms with E-state index in [0.717, 1.165) is 5.56 Å². The second-order valence-electron chi connectivity index (χ2n) is 5.00. The Balaban J connectivity index is 1.67. The summed E-state index contributed by atoms with van der Waals surface area (Å²) in [4.78, 5) is 20.3. The molecule has 23 heavy (non-hydrogen) atoms. The summed E-state index contributed by atoms with van der Waals surface area (Å²) in [6.45, 7) is 0.314. The summed E-state index contributed by atoms with van der Waals surface area (Å²) < 4.78 is 15.3. The van der Waals surface area contributed by atoms with Crippen LogP contribution in [0.15, 0.2) is 61.3 Å². The number of imidazole rings is 1. The molecule has 0 fully saturated rings. The predicted molar refractivity (Wildman–Crippen MR) is 83.3 cm³/mol. The van der Waals surface area contributed by atoms with Crippen molar-refractivity contribution >= 4 is 5.91 Å². The topological polar surface area (TPSA) is 59.8 Å². The highest BCUT2D eigenvalue weighted by molar-refractivity contribution is 5.78. The maximum atomic E-state index is 13.6. The van der Waals surface area contributed by atoms with Gasteiger partial charge in [-0.05, 0) is 17.7 Å². The van der Waals surface area contributed by atoms with E-state index < -0.39 is 0 Å². The Morgan fingerprint density at radius 2 is 1.96 bits per heavy atom. The molecule has 6 heteroatoms. The van der Waals surface area contributed by atoms with Gasteiger partial charge in [-0.3, -0.25) is 9.36 Å². The number of carbonyl (C=O) groups is 1. The lowest BCUT2D eigenvalue weighted by Gasteiger charge is -2.10. The van der Waals surface area contributed by atoms with Crippen LogP contribution in [0, 0.1) is 5.82 Å². The van der Waals surface area contributed by atoms with Gasteiger partial charge in [-0.1, -0.05) is 24.3 Å². The standard InChI is InChI=1S/C17H15FN4O/c18-15-6-2-1-4-13(15)10-16(23)21-11-14-5-3-7-20-17(14)22-9-8-19-12-22/h1-9,12H,10-11H2,(H,21,23). The first-order valence-electron chi connectivity index (χ1n) is 7.16. The van der Waals surface area contributed by atoms with Crippen molar-refractivity contribution < 1.29 is 9.18 Å². The number of aromatic nitrogens is 3. The molecule has 0 saturated heterocycles. The van der Waals surface area contributed by atoms with Crippen molar-refractivity contribution in [2.24, 2.45) is 0 Å². The number of pyridine rings is 1. The second-order valence-corrected chi connectivity index (χ2v) is 5.00. The molecule has 0 aliphatic rings. The van der Waals surface area contributed by atoms with Gasteiger partial charge in [0.05, 0.1) is 6.42 Å². The number of benzene rings is 1. The van der Waals surface area contributed by atoms with Crippen LogP contribution in [0.4, 0.5) is 4.39 Å². The van der Waals surface area contributed by atoms with Crippen molar-refractivity contribution in [3.8, 4) is 5.82 Å². The summed E-state index contributed by atoms with van der Waals surface area (Å²) in [5, 5.41) is 2.80. The fourth-order valence-corrected chi connectivity index (χ4v) is 2.26. The summed E-state index contributed by atoms with van der Waals surface area (Å²) in [6, 6.07) is 9.95. The van der Waals surface area contributed by atoms with Gasteiger partial charge in [-0.25, -0.2) is 14.4 Å². The van der Waals surface area contributed by atoms with Gasteiger partial charge in [0.2, 0.25) is 5.91 Å². The number of hydrogen-bond acceptors (Lipinski definition) is 3. The first-order valence-corrected chi connectivity index (χ1v) is 7.16. The lowest BCUT2D eigenvalue weighted by Crippen LogP contribution is -2.25. The Labute approximate surface area is 132 Å². The third kappa shape index (κ3) is 3.60. The maximum Gasteiger partial charge on any atom is 0.224 e. The molecule has 0 atom stereocenters. The number of halogens is 1. The van der Waals surface area contributed by atoms with Crippen LogP contribution in [-0.4, -0.2) is 20.4 Å². The predicted octanol–water partition coefficient (Wildman–Crippen LogP) is 2.27. The molecule has 1 aromatic carbocycles. The van der Waals surface area contributed by atoms with Gasteiger partial charge in [0.15, 0.2) is 0 Å². The minimum absolute atomic E-state index is 0.00729. The number of nitrogens with one attached hydrogen (secondary N) is 1. The third-order valence-electron chi connectivity index (χ3n) is 3.40. The Morgan fingerprint density at radius 3 is 2.74 bits per heavy atom. The van der Waals surface area contributed by atoms with E-state index in [1.807, 2.05) is 6.07 Å². The van der Waals surface area contributed by atoms with Gasteiger partial charge < -0.3 is 5.32 Å². The van der Waals surface area contributed by atoms with Crippen LogP contribution in [0.25, 0.3) is 5.82 Å². The van der Waals surface area contributed by atoms with Crippen LogP contribution in [0.3, 0.4) is 0 Å². The summed E-state index contributed by atoms with van der Waals surface area (Å²) in [5.41, 5.74) is 1.23. The molecule has 1 amide bonds. The molecular weight excluding hydrogens is 295 g/mol. The van der Waals surface area contributed by atoms with Crippen molar-refractivity contribution in [2.45, 2.75) is 13.0 Å². The number of carbonyl (C=O) groups excluding carboxylic acids is 1. The van der Waals surface area contributed by atoms with Gasteiger partial charge in [-0.15, -0.1) is 0 Å². The molecule has 0 aliphatic carbocycles. The number of nitrogens with zero attached hydrogens (tertiary/aromatic N) is 3. The normalized spacial score (nSPS) is 10.5. The highest BCUT2D eigenvalue weighted by atomic mass is 19.1. The molecule has 0 bridgehead atoms. The van der Waals surface area contributed by atoms with Crippen LogP contribution in [-0.2, 0) is 17.8 Å². The molecule has 5 nitrogen and oxygen atoms in total. The average Bonchev–Trinajstić information content (AvgIpc) is 3.10. The fourth-order valence-electron chi connectivity index (χ4n) is 2.26. The van der Waals surface area contributed by atoms with Gasteiger partial charge in [0, 0.05) is 30.7 Å². The molecule has 2 aromatic heterocycles. The Kier molecular flexibility index (Phi) is 4.42. The minimum Gasteiger partial charge on any atom is -0.352 e. The molecule has 0 radical (unpaired) electrons. The number of rotatable bonds is 5. The molecule has 2 heterocycles. The summed E-state index contributed by atoms with van der Waals surface area (Å²) in [6.07, 6.45) is 6.78. The van der Waals surface area contributed by atoms with Crippen LogP contribution in [0.5, 0.6) is 0 Å². The highest BCUT2D eigenvalue weighted by Gasteiger charge is 2.10. The minimum atomic E-state index is -0.372. The van der Waals surface area contributed by atoms with E-state index in [1.54, 1.807) is 53.8 Å². The smallest absolute Gasteiger partial charge is 0.224 e. The van der Waals surface area contributed by atoms with Crippen molar-refractivity contribution in [3.63, 3.8) is 0 Å². The maximum absolute atomic E-state index is 13.6. The van der Waals surface area contributed by atoms with Crippen molar-refractivity contribution in [1.29, 1.82) is 0 Å². The van der Waals surface area contributed by atoms with Crippen molar-refractivity contribution in [2.75, 3.05) is 0 Å². The van der Waals surface area contributed by atoms with Crippen LogP contribution < -0.4 is 5.32 Å². The average molecular weight is 310 g/mol. The van der Waals surface area contributed by atoms with Crippen LogP contribution >= 0.6 is 0 Å². The molecule has 0 unspecified atom stereocenters. The van der Waals surface area contributed by atoms with E-state index in [0.29, 0.717) is 17.9 Å². The van der Waals surface area contributed by atoms with Crippen molar-refractivity contribution in [3.05, 3.63) is 78.3 Å². The Morgan fingerprint density at radius 1 is 1.13 bits per heavy atom. The largest absolute Gasteiger partial charge is 0.352 e. The first kappa shape index (κ1) is 14.9. The van der Waals surface area contributed by atoms with E-state index in [9.17, 15) is 9.18 Å². The van der Waals surface area contributed by atoms with E-state index in [2.05, 4.69) is 15.3 Å². The quantitative estimate of drug-likeness (QED) is 0.786. The van der Waals surface area contributed by atoms with Gasteiger partial charge in [-0.2, -0.15) is 0 Å². The molecule has 3 aromatic rings. The fraction of sp³-hybridized carbons (Fsp3) is 0.118. The second kappa shape index (κ2) is 6.83. The van der Waals surface area contributed by atoms with Crippen LogP contribution in [0.2, 0.25) is 0 Å². The zero-order chi connectivity index (χ0) is 16.1. The van der Waals surface area contributed by atoms with E-state index in [-0.39, 0.29) is 18.1 Å². The van der Waals surface area contributed by atoms with Gasteiger partial charge >= 0.3 is 0 Å². The first-order chi connectivity index (χ1) is 11.2. The Hall–Kier alpha value is -3.02. The van der Waals surface area contributed by atoms with E-state index in [1.165, 1.54) is 6.07 Å². The van der Waals surface area contributed by atoms with Gasteiger partial charge in [0.1, 0.15) is 18.0 Å². The SMILES string of the molecule is O=C(Cc1ccccc1F)NCc1cccnc1-n1ccnc1. The summed E-state index contributed by atoms with van der Waals surface area (Å²) in [5.74, 6) is 0.0925. The van der Waals surface area contributed by atoms with Gasteiger partial charge in [0.25, 0.3) is 0 Å². The molecule has 1 N–H and O–H groups in total. The molecule has 0 saturated carbocycles. The molecule has 0 spiro atoms.